The highest BCUT2D eigenvalue weighted by molar-refractivity contribution is 6.15. The van der Waals surface area contributed by atoms with Crippen LogP contribution >= 0.6 is 0 Å². The van der Waals surface area contributed by atoms with Crippen LogP contribution in [0.15, 0.2) is 270 Å². The highest BCUT2D eigenvalue weighted by atomic mass is 16.3. The number of nitrogens with zero attached hydrogens (tertiary/aromatic N) is 1. The topological polar surface area (TPSA) is 29.5 Å². The van der Waals surface area contributed by atoms with E-state index in [1.165, 1.54) is 44.5 Å². The third-order valence-corrected chi connectivity index (χ3v) is 14.6. The van der Waals surface area contributed by atoms with Crippen molar-refractivity contribution in [2.24, 2.45) is 0 Å². The van der Waals surface area contributed by atoms with E-state index in [1.807, 2.05) is 12.1 Å². The van der Waals surface area contributed by atoms with Gasteiger partial charge in [-0.1, -0.05) is 194 Å². The average molecular weight is 894 g/mol. The summed E-state index contributed by atoms with van der Waals surface area (Å²) in [6.45, 7) is 0. The first-order valence-electron chi connectivity index (χ1n) is 24.0. The number of fused-ring (bicyclic) bond motifs is 9. The van der Waals surface area contributed by atoms with Crippen molar-refractivity contribution in [2.45, 2.75) is 5.41 Å². The van der Waals surface area contributed by atoms with E-state index in [-0.39, 0.29) is 0 Å². The van der Waals surface area contributed by atoms with Crippen LogP contribution in [-0.4, -0.2) is 0 Å². The van der Waals surface area contributed by atoms with Gasteiger partial charge in [0, 0.05) is 27.5 Å². The molecule has 3 heteroatoms. The van der Waals surface area contributed by atoms with E-state index < -0.39 is 5.41 Å². The van der Waals surface area contributed by atoms with Crippen LogP contribution in [0.4, 0.5) is 17.1 Å². The number of benzene rings is 11. The van der Waals surface area contributed by atoms with Gasteiger partial charge in [0.05, 0.1) is 16.5 Å². The molecule has 0 N–H and O–H groups in total. The monoisotopic (exact) mass is 893 g/mol. The Morgan fingerprint density at radius 2 is 0.800 bits per heavy atom. The van der Waals surface area contributed by atoms with Crippen molar-refractivity contribution in [3.05, 3.63) is 283 Å². The minimum atomic E-state index is -0.630. The van der Waals surface area contributed by atoms with E-state index in [0.717, 1.165) is 83.2 Å². The molecule has 70 heavy (non-hydrogen) atoms. The molecule has 0 aliphatic heterocycles. The molecule has 2 heterocycles. The minimum absolute atomic E-state index is 0.630. The highest BCUT2D eigenvalue weighted by Crippen LogP contribution is 2.57. The third kappa shape index (κ3) is 6.15. The molecule has 0 radical (unpaired) electrons. The van der Waals surface area contributed by atoms with Gasteiger partial charge in [0.25, 0.3) is 0 Å². The van der Waals surface area contributed by atoms with Crippen LogP contribution in [0.1, 0.15) is 22.3 Å². The zero-order chi connectivity index (χ0) is 46.2. The molecule has 14 rings (SSSR count). The Bertz CT molecular complexity index is 4080. The van der Waals surface area contributed by atoms with Crippen molar-refractivity contribution in [1.29, 1.82) is 0 Å². The van der Waals surface area contributed by atoms with Gasteiger partial charge in [0.15, 0.2) is 0 Å². The molecule has 0 atom stereocenters. The summed E-state index contributed by atoms with van der Waals surface area (Å²) in [7, 11) is 0. The molecule has 2 aromatic heterocycles. The van der Waals surface area contributed by atoms with Gasteiger partial charge < -0.3 is 13.7 Å². The Morgan fingerprint density at radius 3 is 1.53 bits per heavy atom. The summed E-state index contributed by atoms with van der Waals surface area (Å²) in [6, 6.07) is 94.4. The Hall–Kier alpha value is -9.18. The Balaban J connectivity index is 1.01. The van der Waals surface area contributed by atoms with Gasteiger partial charge in [-0.05, 0) is 133 Å². The average Bonchev–Trinajstić information content (AvgIpc) is 4.11. The molecule has 0 saturated carbocycles. The van der Waals surface area contributed by atoms with E-state index in [0.29, 0.717) is 0 Å². The number of hydrogen-bond donors (Lipinski definition) is 0. The fourth-order valence-electron chi connectivity index (χ4n) is 11.5. The van der Waals surface area contributed by atoms with Crippen LogP contribution in [-0.2, 0) is 5.41 Å². The summed E-state index contributed by atoms with van der Waals surface area (Å²) in [6.07, 6.45) is 0. The fraction of sp³-hybridized carbons (Fsp3) is 0.0149. The van der Waals surface area contributed by atoms with Crippen LogP contribution in [0.25, 0.3) is 88.4 Å². The third-order valence-electron chi connectivity index (χ3n) is 14.6. The molecular weight excluding hydrogens is 851 g/mol. The summed E-state index contributed by atoms with van der Waals surface area (Å²) < 4.78 is 13.1. The zero-order valence-corrected chi connectivity index (χ0v) is 38.1. The second-order valence-electron chi connectivity index (χ2n) is 18.3. The molecule has 0 amide bonds. The molecule has 1 aliphatic rings. The molecule has 3 nitrogen and oxygen atoms in total. The fourth-order valence-corrected chi connectivity index (χ4v) is 11.5. The van der Waals surface area contributed by atoms with E-state index in [9.17, 15) is 0 Å². The molecule has 0 fully saturated rings. The summed E-state index contributed by atoms with van der Waals surface area (Å²) in [5, 5.41) is 4.36. The number of hydrogen-bond acceptors (Lipinski definition) is 3. The van der Waals surface area contributed by atoms with E-state index in [2.05, 4.69) is 254 Å². The van der Waals surface area contributed by atoms with Gasteiger partial charge in [0.2, 0.25) is 0 Å². The van der Waals surface area contributed by atoms with Crippen molar-refractivity contribution in [2.75, 3.05) is 4.90 Å². The lowest BCUT2D eigenvalue weighted by Gasteiger charge is -2.35. The molecule has 328 valence electrons. The van der Waals surface area contributed by atoms with Crippen molar-refractivity contribution in [1.82, 2.24) is 0 Å². The Morgan fingerprint density at radius 1 is 0.286 bits per heavy atom. The van der Waals surface area contributed by atoms with Crippen LogP contribution in [0.2, 0.25) is 0 Å². The maximum absolute atomic E-state index is 6.72. The number of furan rings is 2. The van der Waals surface area contributed by atoms with E-state index in [1.54, 1.807) is 0 Å². The lowest BCUT2D eigenvalue weighted by Crippen LogP contribution is -2.29. The van der Waals surface area contributed by atoms with Crippen molar-refractivity contribution >= 4 is 60.9 Å². The van der Waals surface area contributed by atoms with E-state index in [4.69, 9.17) is 8.83 Å². The first kappa shape index (κ1) is 39.9. The summed E-state index contributed by atoms with van der Waals surface area (Å²) >= 11 is 0. The largest absolute Gasteiger partial charge is 0.456 e. The highest BCUT2D eigenvalue weighted by Gasteiger charge is 2.46. The summed E-state index contributed by atoms with van der Waals surface area (Å²) in [5.74, 6) is 0. The molecule has 0 bridgehead atoms. The van der Waals surface area contributed by atoms with E-state index >= 15 is 0 Å². The normalized spacial score (nSPS) is 12.7. The number of anilines is 3. The zero-order valence-electron chi connectivity index (χ0n) is 38.1. The maximum atomic E-state index is 6.72. The molecule has 0 unspecified atom stereocenters. The molecular formula is C67H43NO2. The molecule has 13 aromatic rings. The lowest BCUT2D eigenvalue weighted by atomic mass is 9.67. The van der Waals surface area contributed by atoms with Crippen LogP contribution < -0.4 is 4.90 Å². The van der Waals surface area contributed by atoms with Crippen molar-refractivity contribution < 1.29 is 8.83 Å². The maximum Gasteiger partial charge on any atom is 0.137 e. The second-order valence-corrected chi connectivity index (χ2v) is 18.3. The second kappa shape index (κ2) is 16.0. The van der Waals surface area contributed by atoms with Crippen molar-refractivity contribution in [3.63, 3.8) is 0 Å². The van der Waals surface area contributed by atoms with Gasteiger partial charge in [-0.2, -0.15) is 0 Å². The number of para-hydroxylation sites is 1. The molecule has 0 saturated heterocycles. The van der Waals surface area contributed by atoms with Gasteiger partial charge in [-0.25, -0.2) is 0 Å². The molecule has 0 spiro atoms. The lowest BCUT2D eigenvalue weighted by molar-refractivity contribution is 0.668. The van der Waals surface area contributed by atoms with Gasteiger partial charge in [-0.15, -0.1) is 0 Å². The molecule has 11 aromatic carbocycles. The predicted octanol–water partition coefficient (Wildman–Crippen LogP) is 18.3. The van der Waals surface area contributed by atoms with Crippen LogP contribution in [0, 0.1) is 0 Å². The minimum Gasteiger partial charge on any atom is -0.456 e. The Labute approximate surface area is 405 Å². The predicted molar refractivity (Wildman–Crippen MR) is 289 cm³/mol. The van der Waals surface area contributed by atoms with Crippen molar-refractivity contribution in [3.8, 4) is 44.5 Å². The first-order chi connectivity index (χ1) is 34.7. The van der Waals surface area contributed by atoms with Gasteiger partial charge in [0.1, 0.15) is 22.3 Å². The first-order valence-corrected chi connectivity index (χ1v) is 24.0. The smallest absolute Gasteiger partial charge is 0.137 e. The molecule has 1 aliphatic carbocycles. The SMILES string of the molecule is c1ccc(-c2cccc(C3(c4cccc(N(c5ccc(-c6cccc7oc8ccccc8c67)cc5)c5cccc6oc7ccc(-c8ccccc8)cc7c56)c4)c4ccccc4-c4ccccc43)c2)cc1. The summed E-state index contributed by atoms with van der Waals surface area (Å²) in [5.41, 5.74) is 20.3. The quantitative estimate of drug-likeness (QED) is 0.152. The van der Waals surface area contributed by atoms with Gasteiger partial charge in [-0.3, -0.25) is 0 Å². The van der Waals surface area contributed by atoms with Crippen LogP contribution in [0.5, 0.6) is 0 Å². The van der Waals surface area contributed by atoms with Crippen LogP contribution in [0.3, 0.4) is 0 Å². The Kier molecular flexibility index (Phi) is 9.11. The summed E-state index contributed by atoms with van der Waals surface area (Å²) in [4.78, 5) is 2.43. The van der Waals surface area contributed by atoms with Gasteiger partial charge >= 0.3 is 0 Å². The number of rotatable bonds is 8. The standard InChI is InChI=1S/C67H43NO2/c1-3-17-44(18-4-1)47-21-13-22-49(41-47)67(58-29-10-7-25-54(58)55-26-8-11-30-59(55)67)50-23-14-24-52(43-50)68(51-38-35-46(36-39-51)53-28-15-33-63-65(53)56-27-9-12-32-61(56)69-63)60-31-16-34-64-66(60)57-42-48(37-40-62(57)70-64)45-19-5-2-6-20-45/h1-43H.